The predicted molar refractivity (Wildman–Crippen MR) is 105 cm³/mol. The van der Waals surface area contributed by atoms with Gasteiger partial charge in [0.1, 0.15) is 11.5 Å². The molecule has 3 aromatic rings. The van der Waals surface area contributed by atoms with E-state index in [1.165, 1.54) is 23.4 Å². The molecule has 144 valence electrons. The van der Waals surface area contributed by atoms with Gasteiger partial charge in [0.25, 0.3) is 5.56 Å². The lowest BCUT2D eigenvalue weighted by molar-refractivity contribution is 0.400. The monoisotopic (exact) mass is 410 g/mol. The highest BCUT2D eigenvalue weighted by molar-refractivity contribution is 7.98. The highest BCUT2D eigenvalue weighted by Gasteiger charge is 2.18. The number of benzene rings is 1. The second-order valence-corrected chi connectivity index (χ2v) is 7.27. The molecule has 0 aliphatic heterocycles. The molecule has 0 radical (unpaired) electrons. The van der Waals surface area contributed by atoms with Crippen molar-refractivity contribution in [2.24, 2.45) is 21.1 Å². The van der Waals surface area contributed by atoms with Crippen LogP contribution in [0.3, 0.4) is 0 Å². The van der Waals surface area contributed by atoms with E-state index in [1.807, 2.05) is 6.07 Å². The van der Waals surface area contributed by atoms with E-state index in [4.69, 9.17) is 21.1 Å². The summed E-state index contributed by atoms with van der Waals surface area (Å²) >= 11 is 7.56. The summed E-state index contributed by atoms with van der Waals surface area (Å²) < 4.78 is 14.8. The fourth-order valence-corrected chi connectivity index (χ4v) is 3.98. The number of ether oxygens (including phenoxy) is 2. The van der Waals surface area contributed by atoms with Crippen LogP contribution in [-0.2, 0) is 26.9 Å². The first-order chi connectivity index (χ1) is 12.8. The van der Waals surface area contributed by atoms with Crippen molar-refractivity contribution in [3.63, 3.8) is 0 Å². The van der Waals surface area contributed by atoms with Crippen LogP contribution >= 0.6 is 23.4 Å². The van der Waals surface area contributed by atoms with Gasteiger partial charge >= 0.3 is 5.69 Å². The van der Waals surface area contributed by atoms with Crippen LogP contribution in [0.15, 0.2) is 26.9 Å². The number of hydrogen-bond acceptors (Lipinski definition) is 6. The predicted octanol–water partition coefficient (Wildman–Crippen LogP) is 1.93. The van der Waals surface area contributed by atoms with Crippen LogP contribution in [0, 0.1) is 0 Å². The number of imidazole rings is 1. The number of hydrogen-bond donors (Lipinski definition) is 0. The molecular weight excluding hydrogens is 392 g/mol. The summed E-state index contributed by atoms with van der Waals surface area (Å²) in [6, 6.07) is 3.51. The summed E-state index contributed by atoms with van der Waals surface area (Å²) in [6.45, 7) is 0. The third-order valence-corrected chi connectivity index (χ3v) is 5.72. The van der Waals surface area contributed by atoms with Crippen LogP contribution in [0.2, 0.25) is 5.02 Å². The highest BCUT2D eigenvalue weighted by atomic mass is 35.5. The van der Waals surface area contributed by atoms with Crippen molar-refractivity contribution in [2.75, 3.05) is 14.2 Å². The minimum absolute atomic E-state index is 0.355. The maximum Gasteiger partial charge on any atom is 0.332 e. The van der Waals surface area contributed by atoms with Gasteiger partial charge in [-0.25, -0.2) is 9.78 Å². The average Bonchev–Trinajstić information content (AvgIpc) is 2.99. The van der Waals surface area contributed by atoms with Gasteiger partial charge in [0.15, 0.2) is 16.3 Å². The third kappa shape index (κ3) is 3.21. The van der Waals surface area contributed by atoms with Crippen LogP contribution in [0.25, 0.3) is 11.2 Å². The topological polar surface area (TPSA) is 80.3 Å². The summed E-state index contributed by atoms with van der Waals surface area (Å²) in [7, 11) is 7.92. The van der Waals surface area contributed by atoms with Gasteiger partial charge in [0.05, 0.1) is 19.2 Å². The van der Waals surface area contributed by atoms with Gasteiger partial charge in [-0.2, -0.15) is 0 Å². The Labute approximate surface area is 164 Å². The Hall–Kier alpha value is -2.39. The minimum Gasteiger partial charge on any atom is -0.496 e. The number of halogens is 1. The van der Waals surface area contributed by atoms with Crippen molar-refractivity contribution in [1.29, 1.82) is 0 Å². The minimum atomic E-state index is -0.411. The first-order valence-corrected chi connectivity index (χ1v) is 9.32. The molecule has 0 unspecified atom stereocenters. The Morgan fingerprint density at radius 1 is 1.04 bits per heavy atom. The maximum absolute atomic E-state index is 12.5. The van der Waals surface area contributed by atoms with Crippen molar-refractivity contribution in [1.82, 2.24) is 18.7 Å². The lowest BCUT2D eigenvalue weighted by atomic mass is 10.2. The van der Waals surface area contributed by atoms with Gasteiger partial charge in [-0.15, -0.1) is 0 Å². The molecule has 3 rings (SSSR count). The van der Waals surface area contributed by atoms with E-state index < -0.39 is 5.69 Å². The molecule has 27 heavy (non-hydrogen) atoms. The summed E-state index contributed by atoms with van der Waals surface area (Å²) in [6.07, 6.45) is 0. The molecule has 1 aromatic carbocycles. The van der Waals surface area contributed by atoms with Crippen molar-refractivity contribution in [3.05, 3.63) is 43.6 Å². The fourth-order valence-electron chi connectivity index (χ4n) is 2.81. The van der Waals surface area contributed by atoms with Crippen molar-refractivity contribution >= 4 is 34.5 Å². The molecule has 0 bridgehead atoms. The molecule has 0 aliphatic carbocycles. The number of nitrogens with zero attached hydrogens (tertiary/aromatic N) is 4. The van der Waals surface area contributed by atoms with Gasteiger partial charge in [-0.05, 0) is 6.07 Å². The van der Waals surface area contributed by atoms with Crippen molar-refractivity contribution in [3.8, 4) is 11.5 Å². The van der Waals surface area contributed by atoms with E-state index in [0.29, 0.717) is 38.6 Å². The SMILES string of the molecule is COc1cc(CSc2nc3c(c(=O)n(C)c(=O)n3C)n2C)c(OC)cc1Cl. The standard InChI is InChI=1S/C17H19ClN4O4S/c1-20-13-14(21(2)17(24)22(3)15(13)23)19-16(20)27-8-9-6-12(26-5)10(18)7-11(9)25-4/h6-7H,8H2,1-5H3. The Kier molecular flexibility index (Phi) is 5.25. The molecule has 0 saturated heterocycles. The van der Waals surface area contributed by atoms with Crippen LogP contribution in [0.4, 0.5) is 0 Å². The average molecular weight is 411 g/mol. The number of aromatic nitrogens is 4. The number of methoxy groups -OCH3 is 2. The second-order valence-electron chi connectivity index (χ2n) is 5.92. The second kappa shape index (κ2) is 7.32. The van der Waals surface area contributed by atoms with Gasteiger partial charge in [-0.1, -0.05) is 23.4 Å². The Balaban J connectivity index is 2.03. The Bertz CT molecular complexity index is 1150. The third-order valence-electron chi connectivity index (χ3n) is 4.35. The molecule has 0 N–H and O–H groups in total. The molecule has 2 aromatic heterocycles. The van der Waals surface area contributed by atoms with Crippen LogP contribution < -0.4 is 20.7 Å². The first-order valence-electron chi connectivity index (χ1n) is 7.95. The molecule has 10 heteroatoms. The Morgan fingerprint density at radius 2 is 1.70 bits per heavy atom. The molecular formula is C17H19ClN4O4S. The Morgan fingerprint density at radius 3 is 2.33 bits per heavy atom. The summed E-state index contributed by atoms with van der Waals surface area (Å²) in [5.74, 6) is 1.70. The van der Waals surface area contributed by atoms with Crippen LogP contribution in [-0.4, -0.2) is 32.9 Å². The van der Waals surface area contributed by atoms with Gasteiger partial charge in [0, 0.05) is 38.5 Å². The lowest BCUT2D eigenvalue weighted by Gasteiger charge is -2.11. The summed E-state index contributed by atoms with van der Waals surface area (Å²) in [5.41, 5.74) is 0.820. The molecule has 0 aliphatic rings. The molecule has 0 fully saturated rings. The smallest absolute Gasteiger partial charge is 0.332 e. The number of thioether (sulfide) groups is 1. The van der Waals surface area contributed by atoms with Gasteiger partial charge < -0.3 is 14.0 Å². The number of fused-ring (bicyclic) bond motifs is 1. The molecule has 0 spiro atoms. The first kappa shape index (κ1) is 19.4. The van der Waals surface area contributed by atoms with E-state index in [2.05, 4.69) is 4.98 Å². The summed E-state index contributed by atoms with van der Waals surface area (Å²) in [5, 5.41) is 1.07. The molecule has 8 nitrogen and oxygen atoms in total. The zero-order valence-corrected chi connectivity index (χ0v) is 17.1. The lowest BCUT2D eigenvalue weighted by Crippen LogP contribution is -2.37. The molecule has 0 atom stereocenters. The number of aryl methyl sites for hydroxylation is 2. The van der Waals surface area contributed by atoms with E-state index >= 15 is 0 Å². The van der Waals surface area contributed by atoms with E-state index in [1.54, 1.807) is 38.9 Å². The highest BCUT2D eigenvalue weighted by Crippen LogP contribution is 2.35. The summed E-state index contributed by atoms with van der Waals surface area (Å²) in [4.78, 5) is 29.1. The molecule has 0 amide bonds. The normalized spacial score (nSPS) is 11.2. The van der Waals surface area contributed by atoms with Crippen LogP contribution in [0.1, 0.15) is 5.56 Å². The molecule has 0 saturated carbocycles. The van der Waals surface area contributed by atoms with Crippen LogP contribution in [0.5, 0.6) is 11.5 Å². The largest absolute Gasteiger partial charge is 0.496 e. The number of rotatable bonds is 5. The van der Waals surface area contributed by atoms with Crippen molar-refractivity contribution < 1.29 is 9.47 Å². The van der Waals surface area contributed by atoms with E-state index in [9.17, 15) is 9.59 Å². The quantitative estimate of drug-likeness (QED) is 0.598. The van der Waals surface area contributed by atoms with Gasteiger partial charge in [-0.3, -0.25) is 13.9 Å². The van der Waals surface area contributed by atoms with Gasteiger partial charge in [0.2, 0.25) is 0 Å². The zero-order chi connectivity index (χ0) is 19.9. The fraction of sp³-hybridized carbons (Fsp3) is 0.353. The van der Waals surface area contributed by atoms with Crippen molar-refractivity contribution in [2.45, 2.75) is 10.9 Å². The van der Waals surface area contributed by atoms with E-state index in [0.717, 1.165) is 10.1 Å². The van der Waals surface area contributed by atoms with E-state index in [-0.39, 0.29) is 5.56 Å². The zero-order valence-electron chi connectivity index (χ0n) is 15.6. The maximum atomic E-state index is 12.5. The molecule has 2 heterocycles.